The van der Waals surface area contributed by atoms with Gasteiger partial charge in [0.1, 0.15) is 35.3 Å². The van der Waals surface area contributed by atoms with Crippen molar-refractivity contribution in [2.24, 2.45) is 0 Å². The quantitative estimate of drug-likeness (QED) is 0.442. The topological polar surface area (TPSA) is 138 Å². The number of aromatic nitrogens is 5. The van der Waals surface area contributed by atoms with Crippen LogP contribution in [-0.2, 0) is 4.74 Å². The number of aromatic amines is 1. The van der Waals surface area contributed by atoms with E-state index in [1.807, 2.05) is 24.3 Å². The highest BCUT2D eigenvalue weighted by Gasteiger charge is 2.18. The molecule has 5 N–H and O–H groups in total. The summed E-state index contributed by atoms with van der Waals surface area (Å²) >= 11 is 0. The molecular formula is C21H21N7O2. The lowest BCUT2D eigenvalue weighted by atomic mass is 10.1. The lowest BCUT2D eigenvalue weighted by molar-refractivity contribution is 0.0259. The molecule has 0 bridgehead atoms. The molecule has 1 saturated heterocycles. The van der Waals surface area contributed by atoms with Gasteiger partial charge in [0.2, 0.25) is 0 Å². The zero-order valence-corrected chi connectivity index (χ0v) is 16.2. The standard InChI is InChI=1S/C21H21N7O2/c22-15-7-12(1-2-18(15)30-13-3-5-29-6-4-13)20-14-8-16(28-21(14)26-11-25-20)17-9-24-10-19(23)27-17/h1-2,7-11,13H,3-6,22H2,(H2,23,27)(H,25,26,28). The van der Waals surface area contributed by atoms with Crippen LogP contribution < -0.4 is 16.2 Å². The Morgan fingerprint density at radius 1 is 1.07 bits per heavy atom. The number of H-pyrrole nitrogens is 1. The molecule has 1 fully saturated rings. The molecule has 4 aromatic rings. The first-order valence-electron chi connectivity index (χ1n) is 9.73. The van der Waals surface area contributed by atoms with Gasteiger partial charge >= 0.3 is 0 Å². The normalized spacial score (nSPS) is 14.8. The molecule has 152 valence electrons. The molecule has 3 aromatic heterocycles. The van der Waals surface area contributed by atoms with Crippen LogP contribution in [0.5, 0.6) is 5.75 Å². The van der Waals surface area contributed by atoms with Crippen molar-refractivity contribution >= 4 is 22.5 Å². The summed E-state index contributed by atoms with van der Waals surface area (Å²) in [5, 5.41) is 0.856. The highest BCUT2D eigenvalue weighted by Crippen LogP contribution is 2.33. The van der Waals surface area contributed by atoms with Gasteiger partial charge in [0.25, 0.3) is 0 Å². The number of fused-ring (bicyclic) bond motifs is 1. The monoisotopic (exact) mass is 403 g/mol. The number of nitrogens with one attached hydrogen (secondary N) is 1. The number of rotatable bonds is 4. The van der Waals surface area contributed by atoms with E-state index in [-0.39, 0.29) is 6.10 Å². The first-order valence-corrected chi connectivity index (χ1v) is 9.73. The smallest absolute Gasteiger partial charge is 0.142 e. The number of nitrogen functional groups attached to an aromatic ring is 2. The third-order valence-electron chi connectivity index (χ3n) is 5.10. The number of hydrogen-bond acceptors (Lipinski definition) is 8. The predicted molar refractivity (Wildman–Crippen MR) is 114 cm³/mol. The van der Waals surface area contributed by atoms with E-state index in [1.54, 1.807) is 6.20 Å². The molecular weight excluding hydrogens is 382 g/mol. The van der Waals surface area contributed by atoms with Gasteiger partial charge in [0.05, 0.1) is 42.7 Å². The highest BCUT2D eigenvalue weighted by atomic mass is 16.5. The number of anilines is 2. The average molecular weight is 403 g/mol. The van der Waals surface area contributed by atoms with Crippen molar-refractivity contribution < 1.29 is 9.47 Å². The van der Waals surface area contributed by atoms with Crippen LogP contribution >= 0.6 is 0 Å². The predicted octanol–water partition coefficient (Wildman–Crippen LogP) is 2.80. The highest BCUT2D eigenvalue weighted by molar-refractivity contribution is 5.94. The van der Waals surface area contributed by atoms with Crippen molar-refractivity contribution in [3.05, 3.63) is 43.0 Å². The maximum absolute atomic E-state index is 6.29. The van der Waals surface area contributed by atoms with Crippen LogP contribution in [0.15, 0.2) is 43.0 Å². The summed E-state index contributed by atoms with van der Waals surface area (Å²) < 4.78 is 11.4. The second-order valence-electron chi connectivity index (χ2n) is 7.18. The molecule has 9 nitrogen and oxygen atoms in total. The molecule has 0 unspecified atom stereocenters. The maximum Gasteiger partial charge on any atom is 0.142 e. The minimum absolute atomic E-state index is 0.129. The summed E-state index contributed by atoms with van der Waals surface area (Å²) in [5.41, 5.74) is 16.4. The summed E-state index contributed by atoms with van der Waals surface area (Å²) in [6.45, 7) is 1.43. The molecule has 1 aliphatic rings. The lowest BCUT2D eigenvalue weighted by Crippen LogP contribution is -2.26. The van der Waals surface area contributed by atoms with E-state index in [0.29, 0.717) is 28.6 Å². The molecule has 9 heteroatoms. The Morgan fingerprint density at radius 3 is 2.73 bits per heavy atom. The minimum Gasteiger partial charge on any atom is -0.488 e. The second-order valence-corrected chi connectivity index (χ2v) is 7.18. The Labute approximate surface area is 172 Å². The van der Waals surface area contributed by atoms with Crippen molar-refractivity contribution in [3.8, 4) is 28.4 Å². The Morgan fingerprint density at radius 2 is 1.93 bits per heavy atom. The van der Waals surface area contributed by atoms with Crippen LogP contribution in [-0.4, -0.2) is 44.2 Å². The fourth-order valence-corrected chi connectivity index (χ4v) is 3.60. The number of benzene rings is 1. The second kappa shape index (κ2) is 7.60. The average Bonchev–Trinajstić information content (AvgIpc) is 3.20. The van der Waals surface area contributed by atoms with Gasteiger partial charge in [-0.3, -0.25) is 4.98 Å². The fourth-order valence-electron chi connectivity index (χ4n) is 3.60. The van der Waals surface area contributed by atoms with Crippen LogP contribution in [0.2, 0.25) is 0 Å². The molecule has 0 radical (unpaired) electrons. The number of hydrogen-bond donors (Lipinski definition) is 3. The minimum atomic E-state index is 0.129. The first kappa shape index (κ1) is 18.3. The zero-order chi connectivity index (χ0) is 20.5. The zero-order valence-electron chi connectivity index (χ0n) is 16.2. The van der Waals surface area contributed by atoms with Crippen molar-refractivity contribution in [1.29, 1.82) is 0 Å². The Bertz CT molecular complexity index is 1200. The molecule has 1 aliphatic heterocycles. The van der Waals surface area contributed by atoms with Gasteiger partial charge in [0.15, 0.2) is 0 Å². The van der Waals surface area contributed by atoms with Gasteiger partial charge in [0, 0.05) is 23.8 Å². The lowest BCUT2D eigenvalue weighted by Gasteiger charge is -2.24. The summed E-state index contributed by atoms with van der Waals surface area (Å²) in [7, 11) is 0. The number of nitrogens with zero attached hydrogens (tertiary/aromatic N) is 4. The van der Waals surface area contributed by atoms with Crippen LogP contribution in [0, 0.1) is 0 Å². The number of nitrogens with two attached hydrogens (primary N) is 2. The van der Waals surface area contributed by atoms with Gasteiger partial charge in [-0.05, 0) is 24.3 Å². The van der Waals surface area contributed by atoms with Crippen LogP contribution in [0.4, 0.5) is 11.5 Å². The van der Waals surface area contributed by atoms with E-state index in [4.69, 9.17) is 20.9 Å². The SMILES string of the molecule is Nc1cncc(-c2cc3c(-c4ccc(OC5CCOCC5)c(N)c4)ncnc3[nH]2)n1. The Balaban J connectivity index is 1.49. The van der Waals surface area contributed by atoms with Crippen LogP contribution in [0.25, 0.3) is 33.7 Å². The molecule has 0 spiro atoms. The van der Waals surface area contributed by atoms with Gasteiger partial charge in [-0.1, -0.05) is 0 Å². The van der Waals surface area contributed by atoms with E-state index >= 15 is 0 Å². The molecule has 0 saturated carbocycles. The number of ether oxygens (including phenoxy) is 2. The molecule has 0 atom stereocenters. The largest absolute Gasteiger partial charge is 0.488 e. The van der Waals surface area contributed by atoms with E-state index in [2.05, 4.69) is 24.9 Å². The van der Waals surface area contributed by atoms with Crippen LogP contribution in [0.3, 0.4) is 0 Å². The third kappa shape index (κ3) is 3.50. The van der Waals surface area contributed by atoms with Gasteiger partial charge in [-0.2, -0.15) is 0 Å². The first-order chi connectivity index (χ1) is 14.7. The van der Waals surface area contributed by atoms with Gasteiger partial charge < -0.3 is 25.9 Å². The summed E-state index contributed by atoms with van der Waals surface area (Å²) in [6.07, 6.45) is 6.54. The van der Waals surface area contributed by atoms with Gasteiger partial charge in [-0.25, -0.2) is 15.0 Å². The molecule has 1 aromatic carbocycles. The summed E-state index contributed by atoms with van der Waals surface area (Å²) in [5.74, 6) is 1.03. The van der Waals surface area contributed by atoms with E-state index < -0.39 is 0 Å². The maximum atomic E-state index is 6.29. The summed E-state index contributed by atoms with van der Waals surface area (Å²) in [4.78, 5) is 20.5. The molecule has 4 heterocycles. The Hall–Kier alpha value is -3.72. The molecule has 5 rings (SSSR count). The molecule has 0 amide bonds. The van der Waals surface area contributed by atoms with E-state index in [1.165, 1.54) is 12.5 Å². The van der Waals surface area contributed by atoms with Crippen molar-refractivity contribution in [2.75, 3.05) is 24.7 Å². The Kier molecular flexibility index (Phi) is 4.64. The molecule has 30 heavy (non-hydrogen) atoms. The van der Waals surface area contributed by atoms with Crippen molar-refractivity contribution in [1.82, 2.24) is 24.9 Å². The van der Waals surface area contributed by atoms with E-state index in [9.17, 15) is 0 Å². The van der Waals surface area contributed by atoms with Crippen molar-refractivity contribution in [3.63, 3.8) is 0 Å². The fraction of sp³-hybridized carbons (Fsp3) is 0.238. The van der Waals surface area contributed by atoms with E-state index in [0.717, 1.165) is 48.4 Å². The van der Waals surface area contributed by atoms with Crippen molar-refractivity contribution in [2.45, 2.75) is 18.9 Å². The summed E-state index contributed by atoms with van der Waals surface area (Å²) in [6, 6.07) is 7.67. The van der Waals surface area contributed by atoms with Gasteiger partial charge in [-0.15, -0.1) is 0 Å². The van der Waals surface area contributed by atoms with Crippen LogP contribution in [0.1, 0.15) is 12.8 Å². The molecule has 0 aliphatic carbocycles. The third-order valence-corrected chi connectivity index (χ3v) is 5.10.